The molecular weight excluding hydrogens is 449 g/mol. The quantitative estimate of drug-likeness (QED) is 0.363. The topological polar surface area (TPSA) is 74.1 Å². The highest BCUT2D eigenvalue weighted by Crippen LogP contribution is 2.25. The molecule has 5 rings (SSSR count). The van der Waals surface area contributed by atoms with Gasteiger partial charge in [-0.3, -0.25) is 4.98 Å². The highest BCUT2D eigenvalue weighted by molar-refractivity contribution is 7.59. The highest BCUT2D eigenvalue weighted by atomic mass is 32.1. The number of aromatic nitrogens is 5. The minimum absolute atomic E-state index is 0. The van der Waals surface area contributed by atoms with Gasteiger partial charge in [0.25, 0.3) is 0 Å². The van der Waals surface area contributed by atoms with Crippen LogP contribution in [0.3, 0.4) is 0 Å². The number of para-hydroxylation sites is 1. The standard InChI is InChI=1S/C25H26FN7.H2S/c1-16-11-29-33-24(10-23(31-25(16)33)18-8-19(26)14-27-12-18)30-20(15-32(2)3)9-17-13-28-22-7-5-4-6-21(17)22;/h4-8,10-14,20,28,30H,9,15H2,1-3H3;1H2. The first kappa shape index (κ1) is 23.7. The third-order valence-electron chi connectivity index (χ3n) is 5.73. The van der Waals surface area contributed by atoms with Crippen LogP contribution >= 0.6 is 13.5 Å². The number of hydrogen-bond donors (Lipinski definition) is 2. The Bertz CT molecular complexity index is 1430. The van der Waals surface area contributed by atoms with E-state index in [9.17, 15) is 4.39 Å². The van der Waals surface area contributed by atoms with Crippen LogP contribution in [0.2, 0.25) is 0 Å². The zero-order valence-electron chi connectivity index (χ0n) is 19.4. The summed E-state index contributed by atoms with van der Waals surface area (Å²) in [6.07, 6.45) is 7.52. The first-order valence-electron chi connectivity index (χ1n) is 10.9. The molecule has 0 saturated carbocycles. The van der Waals surface area contributed by atoms with E-state index in [1.165, 1.54) is 23.2 Å². The molecule has 7 nitrogen and oxygen atoms in total. The summed E-state index contributed by atoms with van der Waals surface area (Å²) in [5.74, 6) is 0.415. The molecule has 0 bridgehead atoms. The number of halogens is 1. The largest absolute Gasteiger partial charge is 0.366 e. The molecule has 0 aliphatic heterocycles. The lowest BCUT2D eigenvalue weighted by Crippen LogP contribution is -2.34. The van der Waals surface area contributed by atoms with Gasteiger partial charge in [0.1, 0.15) is 11.6 Å². The summed E-state index contributed by atoms with van der Waals surface area (Å²) in [4.78, 5) is 14.3. The number of benzene rings is 1. The van der Waals surface area contributed by atoms with Crippen molar-refractivity contribution < 1.29 is 4.39 Å². The Morgan fingerprint density at radius 3 is 2.76 bits per heavy atom. The van der Waals surface area contributed by atoms with E-state index in [1.807, 2.05) is 23.6 Å². The van der Waals surface area contributed by atoms with E-state index in [-0.39, 0.29) is 19.5 Å². The molecule has 0 fully saturated rings. The molecule has 0 amide bonds. The number of aromatic amines is 1. The van der Waals surface area contributed by atoms with Gasteiger partial charge < -0.3 is 15.2 Å². The van der Waals surface area contributed by atoms with Crippen molar-refractivity contribution in [2.45, 2.75) is 19.4 Å². The molecule has 176 valence electrons. The molecule has 0 radical (unpaired) electrons. The Morgan fingerprint density at radius 2 is 1.97 bits per heavy atom. The highest BCUT2D eigenvalue weighted by Gasteiger charge is 2.18. The Hall–Kier alpha value is -3.43. The zero-order chi connectivity index (χ0) is 22.9. The molecular formula is C25H28FN7S. The number of fused-ring (bicyclic) bond motifs is 2. The summed E-state index contributed by atoms with van der Waals surface area (Å²) in [7, 11) is 4.13. The van der Waals surface area contributed by atoms with E-state index >= 15 is 0 Å². The molecule has 1 aromatic carbocycles. The summed E-state index contributed by atoms with van der Waals surface area (Å²) in [5.41, 5.74) is 5.34. The zero-order valence-corrected chi connectivity index (χ0v) is 20.4. The molecule has 34 heavy (non-hydrogen) atoms. The van der Waals surface area contributed by atoms with E-state index < -0.39 is 5.82 Å². The van der Waals surface area contributed by atoms with Crippen molar-refractivity contribution in [1.29, 1.82) is 0 Å². The van der Waals surface area contributed by atoms with Gasteiger partial charge in [-0.2, -0.15) is 23.1 Å². The van der Waals surface area contributed by atoms with Crippen LogP contribution in [-0.4, -0.2) is 56.1 Å². The molecule has 0 saturated heterocycles. The maximum absolute atomic E-state index is 13.8. The smallest absolute Gasteiger partial charge is 0.160 e. The molecule has 0 aliphatic rings. The number of pyridine rings is 1. The van der Waals surface area contributed by atoms with Crippen molar-refractivity contribution in [2.24, 2.45) is 0 Å². The molecule has 4 aromatic heterocycles. The molecule has 2 N–H and O–H groups in total. The average molecular weight is 478 g/mol. The number of H-pyrrole nitrogens is 1. The van der Waals surface area contributed by atoms with Gasteiger partial charge >= 0.3 is 0 Å². The number of rotatable bonds is 7. The number of aryl methyl sites for hydroxylation is 1. The van der Waals surface area contributed by atoms with Crippen molar-refractivity contribution >= 4 is 35.9 Å². The fourth-order valence-corrected chi connectivity index (χ4v) is 4.25. The lowest BCUT2D eigenvalue weighted by Gasteiger charge is -2.24. The molecule has 9 heteroatoms. The van der Waals surface area contributed by atoms with E-state index in [1.54, 1.807) is 12.4 Å². The molecule has 0 spiro atoms. The van der Waals surface area contributed by atoms with Gasteiger partial charge in [-0.1, -0.05) is 18.2 Å². The van der Waals surface area contributed by atoms with Crippen LogP contribution in [0.1, 0.15) is 11.1 Å². The van der Waals surface area contributed by atoms with Crippen LogP contribution in [-0.2, 0) is 6.42 Å². The van der Waals surface area contributed by atoms with Crippen LogP contribution in [0.25, 0.3) is 27.8 Å². The van der Waals surface area contributed by atoms with Gasteiger partial charge in [0, 0.05) is 53.1 Å². The van der Waals surface area contributed by atoms with Crippen LogP contribution in [0.5, 0.6) is 0 Å². The minimum Gasteiger partial charge on any atom is -0.366 e. The number of nitrogens with zero attached hydrogens (tertiary/aromatic N) is 5. The van der Waals surface area contributed by atoms with Gasteiger partial charge in [-0.15, -0.1) is 0 Å². The van der Waals surface area contributed by atoms with E-state index in [4.69, 9.17) is 4.98 Å². The normalized spacial score (nSPS) is 12.3. The lowest BCUT2D eigenvalue weighted by molar-refractivity contribution is 0.381. The molecule has 1 unspecified atom stereocenters. The maximum Gasteiger partial charge on any atom is 0.160 e. The van der Waals surface area contributed by atoms with Gasteiger partial charge in [0.2, 0.25) is 0 Å². The SMILES string of the molecule is Cc1cnn2c(NC(Cc3c[nH]c4ccccc34)CN(C)C)cc(-c3cncc(F)c3)nc12.S. The Labute approximate surface area is 204 Å². The maximum atomic E-state index is 13.8. The van der Waals surface area contributed by atoms with Crippen molar-refractivity contribution in [3.05, 3.63) is 78.1 Å². The summed E-state index contributed by atoms with van der Waals surface area (Å²) in [6, 6.07) is 11.8. The van der Waals surface area contributed by atoms with Gasteiger partial charge in [-0.25, -0.2) is 9.37 Å². The fourth-order valence-electron chi connectivity index (χ4n) is 4.25. The van der Waals surface area contributed by atoms with E-state index in [0.717, 1.165) is 35.5 Å². The van der Waals surface area contributed by atoms with Crippen LogP contribution in [0.4, 0.5) is 10.2 Å². The number of anilines is 1. The lowest BCUT2D eigenvalue weighted by atomic mass is 10.0. The number of hydrogen-bond acceptors (Lipinski definition) is 5. The Balaban J connectivity index is 0.00000274. The van der Waals surface area contributed by atoms with Gasteiger partial charge in [-0.05, 0) is 45.1 Å². The fraction of sp³-hybridized carbons (Fsp3) is 0.240. The van der Waals surface area contributed by atoms with Gasteiger partial charge in [0.15, 0.2) is 5.65 Å². The Kier molecular flexibility index (Phi) is 6.85. The summed E-state index contributed by atoms with van der Waals surface area (Å²) >= 11 is 0. The van der Waals surface area contributed by atoms with Crippen molar-refractivity contribution in [2.75, 3.05) is 26.0 Å². The van der Waals surface area contributed by atoms with Crippen molar-refractivity contribution in [3.8, 4) is 11.3 Å². The van der Waals surface area contributed by atoms with Crippen molar-refractivity contribution in [3.63, 3.8) is 0 Å². The second-order valence-corrected chi connectivity index (χ2v) is 8.65. The third kappa shape index (κ3) is 4.76. The molecule has 0 aliphatic carbocycles. The van der Waals surface area contributed by atoms with Crippen LogP contribution in [0.15, 0.2) is 61.2 Å². The second-order valence-electron chi connectivity index (χ2n) is 8.65. The first-order valence-corrected chi connectivity index (χ1v) is 10.9. The number of likely N-dealkylation sites (N-methyl/N-ethyl adjacent to an activating group) is 1. The van der Waals surface area contributed by atoms with E-state index in [0.29, 0.717) is 11.3 Å². The molecule has 5 aromatic rings. The Morgan fingerprint density at radius 1 is 1.15 bits per heavy atom. The summed E-state index contributed by atoms with van der Waals surface area (Å²) in [6.45, 7) is 2.79. The third-order valence-corrected chi connectivity index (χ3v) is 5.73. The average Bonchev–Trinajstić information content (AvgIpc) is 3.37. The monoisotopic (exact) mass is 477 g/mol. The minimum atomic E-state index is -0.390. The molecule has 4 heterocycles. The number of nitrogens with one attached hydrogen (secondary N) is 2. The van der Waals surface area contributed by atoms with Gasteiger partial charge in [0.05, 0.1) is 18.1 Å². The molecule has 1 atom stereocenters. The van der Waals surface area contributed by atoms with Crippen LogP contribution in [0, 0.1) is 12.7 Å². The predicted molar refractivity (Wildman–Crippen MR) is 139 cm³/mol. The van der Waals surface area contributed by atoms with Crippen LogP contribution < -0.4 is 5.32 Å². The second kappa shape index (κ2) is 9.82. The summed E-state index contributed by atoms with van der Waals surface area (Å²) in [5, 5.41) is 9.44. The van der Waals surface area contributed by atoms with E-state index in [2.05, 4.69) is 63.8 Å². The first-order chi connectivity index (χ1) is 16.0. The summed E-state index contributed by atoms with van der Waals surface area (Å²) < 4.78 is 15.7. The van der Waals surface area contributed by atoms with Crippen molar-refractivity contribution in [1.82, 2.24) is 29.5 Å². The predicted octanol–water partition coefficient (Wildman–Crippen LogP) is 4.42.